The summed E-state index contributed by atoms with van der Waals surface area (Å²) in [6.07, 6.45) is 2.70. The SMILES string of the molecule is CCN(CC)c1ccc(C(=O)NCCOC(=O)c2cccc(S(=O)(=O)N3CCCCC3)c2)cc1. The molecule has 0 unspecified atom stereocenters. The number of hydrogen-bond acceptors (Lipinski definition) is 6. The summed E-state index contributed by atoms with van der Waals surface area (Å²) >= 11 is 0. The average molecular weight is 488 g/mol. The summed E-state index contributed by atoms with van der Waals surface area (Å²) in [5.74, 6) is -0.884. The van der Waals surface area contributed by atoms with Gasteiger partial charge < -0.3 is 15.0 Å². The maximum Gasteiger partial charge on any atom is 0.338 e. The lowest BCUT2D eigenvalue weighted by atomic mass is 10.2. The van der Waals surface area contributed by atoms with Gasteiger partial charge in [0.25, 0.3) is 5.91 Å². The molecule has 2 aromatic rings. The monoisotopic (exact) mass is 487 g/mol. The van der Waals surface area contributed by atoms with Crippen molar-refractivity contribution in [3.8, 4) is 0 Å². The highest BCUT2D eigenvalue weighted by molar-refractivity contribution is 7.89. The lowest BCUT2D eigenvalue weighted by Crippen LogP contribution is -2.35. The minimum atomic E-state index is -3.63. The van der Waals surface area contributed by atoms with Crippen LogP contribution in [-0.2, 0) is 14.8 Å². The molecule has 184 valence electrons. The normalized spacial score (nSPS) is 14.4. The van der Waals surface area contributed by atoms with Crippen LogP contribution in [0, 0.1) is 0 Å². The molecule has 1 N–H and O–H groups in total. The number of anilines is 1. The Hall–Kier alpha value is -2.91. The molecule has 8 nitrogen and oxygen atoms in total. The molecule has 0 spiro atoms. The van der Waals surface area contributed by atoms with Crippen LogP contribution in [0.5, 0.6) is 0 Å². The van der Waals surface area contributed by atoms with Crippen LogP contribution in [0.3, 0.4) is 0 Å². The maximum absolute atomic E-state index is 12.8. The van der Waals surface area contributed by atoms with E-state index in [-0.39, 0.29) is 29.5 Å². The molecule has 0 aliphatic carbocycles. The number of piperidine rings is 1. The Labute approximate surface area is 201 Å². The van der Waals surface area contributed by atoms with Crippen molar-refractivity contribution in [2.45, 2.75) is 38.0 Å². The molecule has 0 atom stereocenters. The highest BCUT2D eigenvalue weighted by Crippen LogP contribution is 2.21. The Morgan fingerprint density at radius 3 is 2.29 bits per heavy atom. The largest absolute Gasteiger partial charge is 0.460 e. The number of nitrogens with zero attached hydrogens (tertiary/aromatic N) is 2. The van der Waals surface area contributed by atoms with Gasteiger partial charge in [0.05, 0.1) is 17.0 Å². The third-order valence-corrected chi connectivity index (χ3v) is 7.80. The number of sulfonamides is 1. The van der Waals surface area contributed by atoms with E-state index in [1.807, 2.05) is 12.1 Å². The fourth-order valence-corrected chi connectivity index (χ4v) is 5.51. The molecule has 1 amide bonds. The zero-order chi connectivity index (χ0) is 24.6. The minimum Gasteiger partial charge on any atom is -0.460 e. The van der Waals surface area contributed by atoms with Gasteiger partial charge in [-0.05, 0) is 69.2 Å². The van der Waals surface area contributed by atoms with Crippen LogP contribution in [-0.4, -0.2) is 63.9 Å². The van der Waals surface area contributed by atoms with Crippen molar-refractivity contribution >= 4 is 27.6 Å². The van der Waals surface area contributed by atoms with Crippen molar-refractivity contribution < 1.29 is 22.7 Å². The third kappa shape index (κ3) is 6.36. The molecule has 0 saturated carbocycles. The second kappa shape index (κ2) is 12.0. The second-order valence-electron chi connectivity index (χ2n) is 8.10. The molecular weight excluding hydrogens is 454 g/mol. The van der Waals surface area contributed by atoms with Crippen LogP contribution in [0.4, 0.5) is 5.69 Å². The van der Waals surface area contributed by atoms with Crippen molar-refractivity contribution in [2.75, 3.05) is 44.2 Å². The van der Waals surface area contributed by atoms with Crippen molar-refractivity contribution in [3.05, 3.63) is 59.7 Å². The van der Waals surface area contributed by atoms with Crippen LogP contribution >= 0.6 is 0 Å². The van der Waals surface area contributed by atoms with Crippen molar-refractivity contribution in [1.82, 2.24) is 9.62 Å². The molecule has 1 aliphatic rings. The van der Waals surface area contributed by atoms with Crippen LogP contribution in [0.1, 0.15) is 53.8 Å². The van der Waals surface area contributed by atoms with Gasteiger partial charge in [-0.2, -0.15) is 4.31 Å². The molecule has 0 radical (unpaired) electrons. The molecule has 1 saturated heterocycles. The van der Waals surface area contributed by atoms with E-state index >= 15 is 0 Å². The van der Waals surface area contributed by atoms with Crippen LogP contribution in [0.2, 0.25) is 0 Å². The Morgan fingerprint density at radius 1 is 0.971 bits per heavy atom. The Kier molecular flexibility index (Phi) is 9.06. The summed E-state index contributed by atoms with van der Waals surface area (Å²) in [7, 11) is -3.63. The zero-order valence-corrected chi connectivity index (χ0v) is 20.6. The number of carbonyl (C=O) groups excluding carboxylic acids is 2. The number of nitrogens with one attached hydrogen (secondary N) is 1. The minimum absolute atomic E-state index is 0.0226. The van der Waals surface area contributed by atoms with Crippen molar-refractivity contribution in [3.63, 3.8) is 0 Å². The summed E-state index contributed by atoms with van der Waals surface area (Å²) in [4.78, 5) is 27.1. The summed E-state index contributed by atoms with van der Waals surface area (Å²) in [6, 6.07) is 13.3. The number of carbonyl (C=O) groups is 2. The number of hydrogen-bond donors (Lipinski definition) is 1. The van der Waals surface area contributed by atoms with Gasteiger partial charge in [-0.3, -0.25) is 4.79 Å². The summed E-state index contributed by atoms with van der Waals surface area (Å²) in [5.41, 5.74) is 1.74. The van der Waals surface area contributed by atoms with Gasteiger partial charge in [0.2, 0.25) is 10.0 Å². The van der Waals surface area contributed by atoms with E-state index in [1.165, 1.54) is 28.6 Å². The van der Waals surface area contributed by atoms with Crippen molar-refractivity contribution in [1.29, 1.82) is 0 Å². The first-order valence-electron chi connectivity index (χ1n) is 11.8. The molecule has 34 heavy (non-hydrogen) atoms. The third-order valence-electron chi connectivity index (χ3n) is 5.90. The Balaban J connectivity index is 1.50. The zero-order valence-electron chi connectivity index (χ0n) is 19.8. The molecule has 1 fully saturated rings. The quantitative estimate of drug-likeness (QED) is 0.408. The van der Waals surface area contributed by atoms with Crippen molar-refractivity contribution in [2.24, 2.45) is 0 Å². The van der Waals surface area contributed by atoms with Gasteiger partial charge in [-0.25, -0.2) is 13.2 Å². The first-order chi connectivity index (χ1) is 16.4. The maximum atomic E-state index is 12.8. The molecule has 2 aromatic carbocycles. The molecule has 1 aliphatic heterocycles. The molecule has 1 heterocycles. The van der Waals surface area contributed by atoms with E-state index in [0.29, 0.717) is 18.7 Å². The molecule has 9 heteroatoms. The summed E-state index contributed by atoms with van der Waals surface area (Å²) in [5, 5.41) is 2.73. The highest BCUT2D eigenvalue weighted by Gasteiger charge is 2.26. The van der Waals surface area contributed by atoms with Crippen LogP contribution in [0.25, 0.3) is 0 Å². The fraction of sp³-hybridized carbons (Fsp3) is 0.440. The fourth-order valence-electron chi connectivity index (χ4n) is 3.94. The predicted octanol–water partition coefficient (Wildman–Crippen LogP) is 3.29. The lowest BCUT2D eigenvalue weighted by Gasteiger charge is -2.25. The Morgan fingerprint density at radius 2 is 1.65 bits per heavy atom. The second-order valence-corrected chi connectivity index (χ2v) is 10.0. The van der Waals surface area contributed by atoms with Gasteiger partial charge in [-0.1, -0.05) is 12.5 Å². The number of rotatable bonds is 10. The van der Waals surface area contributed by atoms with E-state index in [0.717, 1.165) is 38.0 Å². The summed E-state index contributed by atoms with van der Waals surface area (Å²) < 4.78 is 32.4. The highest BCUT2D eigenvalue weighted by atomic mass is 32.2. The molecule has 0 bridgehead atoms. The number of esters is 1. The molecule has 0 aromatic heterocycles. The lowest BCUT2D eigenvalue weighted by molar-refractivity contribution is 0.0503. The van der Waals surface area contributed by atoms with Crippen LogP contribution in [0.15, 0.2) is 53.4 Å². The van der Waals surface area contributed by atoms with E-state index in [4.69, 9.17) is 4.74 Å². The van der Waals surface area contributed by atoms with Gasteiger partial charge in [0, 0.05) is 37.4 Å². The number of benzene rings is 2. The van der Waals surface area contributed by atoms with Crippen LogP contribution < -0.4 is 10.2 Å². The first-order valence-corrected chi connectivity index (χ1v) is 13.2. The smallest absolute Gasteiger partial charge is 0.338 e. The van der Waals surface area contributed by atoms with Gasteiger partial charge in [0.15, 0.2) is 0 Å². The first kappa shape index (κ1) is 25.7. The van der Waals surface area contributed by atoms with E-state index in [2.05, 4.69) is 24.1 Å². The van der Waals surface area contributed by atoms with Gasteiger partial charge in [0.1, 0.15) is 6.61 Å². The van der Waals surface area contributed by atoms with E-state index < -0.39 is 16.0 Å². The topological polar surface area (TPSA) is 96.0 Å². The summed E-state index contributed by atoms with van der Waals surface area (Å²) in [6.45, 7) is 7.05. The standard InChI is InChI=1S/C25H33N3O5S/c1-3-27(4-2)22-13-11-20(12-14-22)24(29)26-15-18-33-25(30)21-9-8-10-23(19-21)34(31,32)28-16-6-5-7-17-28/h8-14,19H,3-7,15-18H2,1-2H3,(H,26,29). The average Bonchev–Trinajstić information content (AvgIpc) is 2.88. The Bertz CT molecular complexity index is 1080. The number of amides is 1. The molecular formula is C25H33N3O5S. The van der Waals surface area contributed by atoms with Gasteiger partial charge >= 0.3 is 5.97 Å². The van der Waals surface area contributed by atoms with E-state index in [9.17, 15) is 18.0 Å². The predicted molar refractivity (Wildman–Crippen MR) is 132 cm³/mol. The van der Waals surface area contributed by atoms with E-state index in [1.54, 1.807) is 12.1 Å². The van der Waals surface area contributed by atoms with Gasteiger partial charge in [-0.15, -0.1) is 0 Å². The molecule has 3 rings (SSSR count). The number of ether oxygens (including phenoxy) is 1.